The van der Waals surface area contributed by atoms with Crippen LogP contribution in [-0.2, 0) is 4.74 Å². The van der Waals surface area contributed by atoms with E-state index in [1.807, 2.05) is 32.0 Å². The van der Waals surface area contributed by atoms with Crippen LogP contribution in [0.15, 0.2) is 18.2 Å². The van der Waals surface area contributed by atoms with Gasteiger partial charge in [-0.25, -0.2) is 0 Å². The standard InChI is InChI=1S/C12H19NO3/c1-4-15-8-16-12-7-10(14-3)5-6-11(12)9(2)13/h5-7,9H,4,8,13H2,1-3H3. The highest BCUT2D eigenvalue weighted by molar-refractivity contribution is 5.42. The maximum Gasteiger partial charge on any atom is 0.189 e. The third kappa shape index (κ3) is 3.40. The Balaban J connectivity index is 2.83. The Kier molecular flexibility index (Phi) is 5.08. The van der Waals surface area contributed by atoms with Crippen molar-refractivity contribution in [2.24, 2.45) is 5.73 Å². The number of nitrogens with two attached hydrogens (primary N) is 1. The van der Waals surface area contributed by atoms with Crippen molar-refractivity contribution in [3.05, 3.63) is 23.8 Å². The second-order valence-corrected chi connectivity index (χ2v) is 3.45. The number of benzene rings is 1. The van der Waals surface area contributed by atoms with Gasteiger partial charge in [0.05, 0.1) is 7.11 Å². The van der Waals surface area contributed by atoms with Crippen LogP contribution in [0.25, 0.3) is 0 Å². The van der Waals surface area contributed by atoms with Crippen molar-refractivity contribution >= 4 is 0 Å². The third-order valence-electron chi connectivity index (χ3n) is 2.21. The lowest BCUT2D eigenvalue weighted by molar-refractivity contribution is 0.0216. The van der Waals surface area contributed by atoms with Crippen LogP contribution in [0.2, 0.25) is 0 Å². The summed E-state index contributed by atoms with van der Waals surface area (Å²) in [5.74, 6) is 1.46. The summed E-state index contributed by atoms with van der Waals surface area (Å²) in [4.78, 5) is 0. The van der Waals surface area contributed by atoms with Gasteiger partial charge >= 0.3 is 0 Å². The molecule has 16 heavy (non-hydrogen) atoms. The molecule has 0 aliphatic carbocycles. The number of hydrogen-bond acceptors (Lipinski definition) is 4. The van der Waals surface area contributed by atoms with E-state index in [-0.39, 0.29) is 12.8 Å². The fraction of sp³-hybridized carbons (Fsp3) is 0.500. The molecule has 0 radical (unpaired) electrons. The molecule has 0 aliphatic heterocycles. The minimum Gasteiger partial charge on any atom is -0.497 e. The van der Waals surface area contributed by atoms with E-state index in [9.17, 15) is 0 Å². The molecular weight excluding hydrogens is 206 g/mol. The summed E-state index contributed by atoms with van der Waals surface area (Å²) in [5.41, 5.74) is 6.79. The summed E-state index contributed by atoms with van der Waals surface area (Å²) in [6.45, 7) is 4.68. The van der Waals surface area contributed by atoms with Crippen molar-refractivity contribution in [2.75, 3.05) is 20.5 Å². The van der Waals surface area contributed by atoms with Gasteiger partial charge in [-0.05, 0) is 19.9 Å². The SMILES string of the molecule is CCOCOc1cc(OC)ccc1C(C)N. The summed E-state index contributed by atoms with van der Waals surface area (Å²) in [6.07, 6.45) is 0. The monoisotopic (exact) mass is 225 g/mol. The van der Waals surface area contributed by atoms with Crippen molar-refractivity contribution in [3.63, 3.8) is 0 Å². The Bertz CT molecular complexity index is 326. The van der Waals surface area contributed by atoms with Gasteiger partial charge in [0.15, 0.2) is 6.79 Å². The van der Waals surface area contributed by atoms with Gasteiger partial charge in [0.2, 0.25) is 0 Å². The molecule has 0 amide bonds. The Morgan fingerprint density at radius 1 is 1.38 bits per heavy atom. The first-order valence-corrected chi connectivity index (χ1v) is 5.33. The molecule has 1 aromatic carbocycles. The topological polar surface area (TPSA) is 53.7 Å². The molecule has 90 valence electrons. The average Bonchev–Trinajstić information content (AvgIpc) is 2.29. The van der Waals surface area contributed by atoms with Crippen LogP contribution in [0.3, 0.4) is 0 Å². The Labute approximate surface area is 96.3 Å². The van der Waals surface area contributed by atoms with Crippen molar-refractivity contribution in [1.29, 1.82) is 0 Å². The van der Waals surface area contributed by atoms with Gasteiger partial charge < -0.3 is 19.9 Å². The summed E-state index contributed by atoms with van der Waals surface area (Å²) >= 11 is 0. The third-order valence-corrected chi connectivity index (χ3v) is 2.21. The molecule has 1 atom stereocenters. The van der Waals surface area contributed by atoms with Crippen LogP contribution in [0, 0.1) is 0 Å². The maximum absolute atomic E-state index is 5.85. The lowest BCUT2D eigenvalue weighted by Gasteiger charge is -2.14. The zero-order chi connectivity index (χ0) is 12.0. The van der Waals surface area contributed by atoms with Crippen molar-refractivity contribution in [1.82, 2.24) is 0 Å². The van der Waals surface area contributed by atoms with Crippen LogP contribution in [0.5, 0.6) is 11.5 Å². The van der Waals surface area contributed by atoms with Crippen LogP contribution in [0.4, 0.5) is 0 Å². The van der Waals surface area contributed by atoms with Crippen LogP contribution in [0.1, 0.15) is 25.5 Å². The number of ether oxygens (including phenoxy) is 3. The molecule has 0 fully saturated rings. The Morgan fingerprint density at radius 2 is 2.12 bits per heavy atom. The quantitative estimate of drug-likeness (QED) is 0.595. The zero-order valence-electron chi connectivity index (χ0n) is 10.0. The first-order chi connectivity index (χ1) is 7.69. The molecule has 0 spiro atoms. The molecule has 0 saturated carbocycles. The van der Waals surface area contributed by atoms with Gasteiger partial charge in [0.25, 0.3) is 0 Å². The number of methoxy groups -OCH3 is 1. The van der Waals surface area contributed by atoms with Crippen LogP contribution >= 0.6 is 0 Å². The molecule has 0 saturated heterocycles. The minimum atomic E-state index is -0.0810. The summed E-state index contributed by atoms with van der Waals surface area (Å²) < 4.78 is 15.8. The van der Waals surface area contributed by atoms with E-state index in [1.54, 1.807) is 7.11 Å². The van der Waals surface area contributed by atoms with Gasteiger partial charge in [-0.2, -0.15) is 0 Å². The fourth-order valence-electron chi connectivity index (χ4n) is 1.33. The largest absolute Gasteiger partial charge is 0.497 e. The highest BCUT2D eigenvalue weighted by atomic mass is 16.7. The first kappa shape index (κ1) is 12.8. The lowest BCUT2D eigenvalue weighted by atomic mass is 10.1. The Morgan fingerprint density at radius 3 is 2.69 bits per heavy atom. The van der Waals surface area contributed by atoms with E-state index >= 15 is 0 Å². The van der Waals surface area contributed by atoms with E-state index in [0.717, 1.165) is 11.3 Å². The first-order valence-electron chi connectivity index (χ1n) is 5.33. The van der Waals surface area contributed by atoms with E-state index in [1.165, 1.54) is 0 Å². The molecule has 0 aromatic heterocycles. The van der Waals surface area contributed by atoms with Crippen molar-refractivity contribution < 1.29 is 14.2 Å². The molecule has 0 bridgehead atoms. The van der Waals surface area contributed by atoms with Gasteiger partial charge in [-0.3, -0.25) is 0 Å². The van der Waals surface area contributed by atoms with E-state index in [2.05, 4.69) is 0 Å². The van der Waals surface area contributed by atoms with Crippen LogP contribution in [-0.4, -0.2) is 20.5 Å². The summed E-state index contributed by atoms with van der Waals surface area (Å²) in [6, 6.07) is 5.51. The Hall–Kier alpha value is -1.26. The van der Waals surface area contributed by atoms with Crippen LogP contribution < -0.4 is 15.2 Å². The van der Waals surface area contributed by atoms with Gasteiger partial charge in [0.1, 0.15) is 11.5 Å². The van der Waals surface area contributed by atoms with Crippen molar-refractivity contribution in [2.45, 2.75) is 19.9 Å². The minimum absolute atomic E-state index is 0.0810. The molecule has 1 unspecified atom stereocenters. The number of hydrogen-bond donors (Lipinski definition) is 1. The molecule has 2 N–H and O–H groups in total. The molecule has 0 aliphatic rings. The zero-order valence-corrected chi connectivity index (χ0v) is 10.0. The normalized spacial score (nSPS) is 12.2. The smallest absolute Gasteiger partial charge is 0.189 e. The van der Waals surface area contributed by atoms with Crippen molar-refractivity contribution in [3.8, 4) is 11.5 Å². The highest BCUT2D eigenvalue weighted by Gasteiger charge is 2.09. The summed E-state index contributed by atoms with van der Waals surface area (Å²) in [5, 5.41) is 0. The molecule has 0 heterocycles. The lowest BCUT2D eigenvalue weighted by Crippen LogP contribution is -2.10. The van der Waals surface area contributed by atoms with Gasteiger partial charge in [-0.15, -0.1) is 0 Å². The fourth-order valence-corrected chi connectivity index (χ4v) is 1.33. The molecule has 4 heteroatoms. The summed E-state index contributed by atoms with van der Waals surface area (Å²) in [7, 11) is 1.62. The average molecular weight is 225 g/mol. The predicted octanol–water partition coefficient (Wildman–Crippen LogP) is 2.09. The highest BCUT2D eigenvalue weighted by Crippen LogP contribution is 2.28. The van der Waals surface area contributed by atoms with E-state index in [4.69, 9.17) is 19.9 Å². The molecule has 1 aromatic rings. The van der Waals surface area contributed by atoms with Gasteiger partial charge in [0, 0.05) is 24.3 Å². The molecule has 1 rings (SSSR count). The molecule has 4 nitrogen and oxygen atoms in total. The maximum atomic E-state index is 5.85. The van der Waals surface area contributed by atoms with Gasteiger partial charge in [-0.1, -0.05) is 6.07 Å². The molecular formula is C12H19NO3. The number of rotatable bonds is 6. The second kappa shape index (κ2) is 6.35. The van der Waals surface area contributed by atoms with E-state index in [0.29, 0.717) is 12.4 Å². The predicted molar refractivity (Wildman–Crippen MR) is 62.7 cm³/mol. The van der Waals surface area contributed by atoms with E-state index < -0.39 is 0 Å². The second-order valence-electron chi connectivity index (χ2n) is 3.45.